The molecular formula is C20H20FN5S2. The van der Waals surface area contributed by atoms with Gasteiger partial charge in [0.2, 0.25) is 0 Å². The Morgan fingerprint density at radius 1 is 1.18 bits per heavy atom. The zero-order chi connectivity index (χ0) is 19.8. The first-order valence-electron chi connectivity index (χ1n) is 8.89. The van der Waals surface area contributed by atoms with Crippen molar-refractivity contribution >= 4 is 33.8 Å². The summed E-state index contributed by atoms with van der Waals surface area (Å²) in [5.41, 5.74) is 1.85. The summed E-state index contributed by atoms with van der Waals surface area (Å²) < 4.78 is 18.7. The van der Waals surface area contributed by atoms with Crippen LogP contribution in [0.1, 0.15) is 18.0 Å². The summed E-state index contributed by atoms with van der Waals surface area (Å²) in [6, 6.07) is 14.6. The van der Waals surface area contributed by atoms with Crippen LogP contribution in [-0.4, -0.2) is 31.3 Å². The number of rotatable bonds is 5. The molecule has 0 saturated carbocycles. The lowest BCUT2D eigenvalue weighted by Crippen LogP contribution is -2.26. The minimum absolute atomic E-state index is 0.121. The van der Waals surface area contributed by atoms with Crippen molar-refractivity contribution in [3.05, 3.63) is 64.1 Å². The van der Waals surface area contributed by atoms with Crippen LogP contribution in [0.3, 0.4) is 0 Å². The molecule has 0 aliphatic carbocycles. The van der Waals surface area contributed by atoms with E-state index in [9.17, 15) is 4.39 Å². The molecule has 0 saturated heterocycles. The first kappa shape index (κ1) is 18.9. The Morgan fingerprint density at radius 3 is 2.61 bits per heavy atom. The SMILES string of the molecule is C[C@H](c1nc2ccccc2s1)N(C)Cn1nc(-c2ccc(F)cc2)n(C)c1=S. The fourth-order valence-corrected chi connectivity index (χ4v) is 4.29. The zero-order valence-corrected chi connectivity index (χ0v) is 17.5. The molecule has 1 atom stereocenters. The van der Waals surface area contributed by atoms with Gasteiger partial charge in [-0.15, -0.1) is 11.3 Å². The Bertz CT molecular complexity index is 1140. The summed E-state index contributed by atoms with van der Waals surface area (Å²) in [7, 11) is 3.91. The summed E-state index contributed by atoms with van der Waals surface area (Å²) in [6.45, 7) is 2.66. The number of nitrogens with zero attached hydrogens (tertiary/aromatic N) is 5. The Kier molecular flexibility index (Phi) is 5.09. The van der Waals surface area contributed by atoms with E-state index in [2.05, 4.69) is 23.0 Å². The van der Waals surface area contributed by atoms with Gasteiger partial charge in [-0.1, -0.05) is 12.1 Å². The summed E-state index contributed by atoms with van der Waals surface area (Å²) in [6.07, 6.45) is 0. The first-order chi connectivity index (χ1) is 13.4. The predicted molar refractivity (Wildman–Crippen MR) is 113 cm³/mol. The Labute approximate surface area is 171 Å². The number of aromatic nitrogens is 4. The second-order valence-electron chi connectivity index (χ2n) is 6.77. The van der Waals surface area contributed by atoms with Crippen molar-refractivity contribution in [2.75, 3.05) is 7.05 Å². The number of benzene rings is 2. The molecule has 8 heteroatoms. The molecule has 0 fully saturated rings. The van der Waals surface area contributed by atoms with Crippen molar-refractivity contribution in [3.63, 3.8) is 0 Å². The summed E-state index contributed by atoms with van der Waals surface area (Å²) in [5.74, 6) is 0.444. The van der Waals surface area contributed by atoms with Crippen LogP contribution in [-0.2, 0) is 13.7 Å². The molecule has 2 aromatic heterocycles. The number of hydrogen-bond donors (Lipinski definition) is 0. The molecule has 2 heterocycles. The fraction of sp³-hybridized carbons (Fsp3) is 0.250. The summed E-state index contributed by atoms with van der Waals surface area (Å²) >= 11 is 7.27. The highest BCUT2D eigenvalue weighted by atomic mass is 32.1. The Hall–Kier alpha value is -2.42. The topological polar surface area (TPSA) is 38.9 Å². The maximum Gasteiger partial charge on any atom is 0.199 e. The third-order valence-corrected chi connectivity index (χ3v) is 6.52. The predicted octanol–water partition coefficient (Wildman–Crippen LogP) is 5.02. The van der Waals surface area contributed by atoms with Gasteiger partial charge in [-0.3, -0.25) is 4.90 Å². The molecule has 0 N–H and O–H groups in total. The average Bonchev–Trinajstić information content (AvgIpc) is 3.25. The van der Waals surface area contributed by atoms with E-state index in [4.69, 9.17) is 17.2 Å². The highest BCUT2D eigenvalue weighted by molar-refractivity contribution is 7.71. The first-order valence-corrected chi connectivity index (χ1v) is 10.1. The van der Waals surface area contributed by atoms with Crippen molar-refractivity contribution < 1.29 is 4.39 Å². The molecule has 2 aromatic carbocycles. The molecular weight excluding hydrogens is 393 g/mol. The Morgan fingerprint density at radius 2 is 1.89 bits per heavy atom. The quantitative estimate of drug-likeness (QED) is 0.431. The molecule has 0 unspecified atom stereocenters. The maximum absolute atomic E-state index is 13.2. The minimum atomic E-state index is -0.270. The molecule has 0 spiro atoms. The highest BCUT2D eigenvalue weighted by Gasteiger charge is 2.18. The monoisotopic (exact) mass is 413 g/mol. The van der Waals surface area contributed by atoms with Gasteiger partial charge in [0, 0.05) is 12.6 Å². The second-order valence-corrected chi connectivity index (χ2v) is 8.19. The van der Waals surface area contributed by atoms with Crippen molar-refractivity contribution in [1.82, 2.24) is 24.2 Å². The molecule has 4 rings (SSSR count). The number of hydrogen-bond acceptors (Lipinski definition) is 5. The van der Waals surface area contributed by atoms with E-state index in [-0.39, 0.29) is 11.9 Å². The van der Waals surface area contributed by atoms with Crippen LogP contribution < -0.4 is 0 Å². The van der Waals surface area contributed by atoms with Crippen molar-refractivity contribution in [2.24, 2.45) is 7.05 Å². The average molecular weight is 414 g/mol. The van der Waals surface area contributed by atoms with E-state index in [0.717, 1.165) is 16.1 Å². The molecule has 28 heavy (non-hydrogen) atoms. The molecule has 144 valence electrons. The van der Waals surface area contributed by atoms with Crippen molar-refractivity contribution in [3.8, 4) is 11.4 Å². The van der Waals surface area contributed by atoms with Crippen LogP contribution >= 0.6 is 23.6 Å². The zero-order valence-electron chi connectivity index (χ0n) is 15.8. The maximum atomic E-state index is 13.2. The van der Waals surface area contributed by atoms with Gasteiger partial charge in [0.15, 0.2) is 10.6 Å². The van der Waals surface area contributed by atoms with Gasteiger partial charge < -0.3 is 4.57 Å². The van der Waals surface area contributed by atoms with Gasteiger partial charge in [-0.25, -0.2) is 14.1 Å². The third kappa shape index (κ3) is 3.50. The molecule has 4 aromatic rings. The van der Waals surface area contributed by atoms with Crippen LogP contribution in [0, 0.1) is 10.6 Å². The van der Waals surface area contributed by atoms with Crippen LogP contribution in [0.2, 0.25) is 0 Å². The van der Waals surface area contributed by atoms with Crippen molar-refractivity contribution in [2.45, 2.75) is 19.6 Å². The number of halogens is 1. The van der Waals surface area contributed by atoms with Crippen LogP contribution in [0.25, 0.3) is 21.6 Å². The fourth-order valence-electron chi connectivity index (χ4n) is 3.02. The number of thiazole rings is 1. The molecule has 0 aliphatic heterocycles. The lowest BCUT2D eigenvalue weighted by Gasteiger charge is -2.22. The van der Waals surface area contributed by atoms with Crippen molar-refractivity contribution in [1.29, 1.82) is 0 Å². The Balaban J connectivity index is 1.58. The minimum Gasteiger partial charge on any atom is -0.303 e. The summed E-state index contributed by atoms with van der Waals surface area (Å²) in [4.78, 5) is 6.92. The van der Waals surface area contributed by atoms with E-state index in [0.29, 0.717) is 17.3 Å². The van der Waals surface area contributed by atoms with Crippen LogP contribution in [0.5, 0.6) is 0 Å². The van der Waals surface area contributed by atoms with Gasteiger partial charge in [-0.2, -0.15) is 5.10 Å². The van der Waals surface area contributed by atoms with E-state index in [1.807, 2.05) is 36.9 Å². The lowest BCUT2D eigenvalue weighted by atomic mass is 10.2. The van der Waals surface area contributed by atoms with Crippen LogP contribution in [0.4, 0.5) is 4.39 Å². The van der Waals surface area contributed by atoms with E-state index in [1.54, 1.807) is 28.2 Å². The third-order valence-electron chi connectivity index (χ3n) is 4.83. The van der Waals surface area contributed by atoms with Gasteiger partial charge in [0.1, 0.15) is 10.8 Å². The summed E-state index contributed by atoms with van der Waals surface area (Å²) in [5, 5.41) is 5.72. The largest absolute Gasteiger partial charge is 0.303 e. The van der Waals surface area contributed by atoms with Gasteiger partial charge in [0.25, 0.3) is 0 Å². The van der Waals surface area contributed by atoms with E-state index >= 15 is 0 Å². The molecule has 5 nitrogen and oxygen atoms in total. The molecule has 0 bridgehead atoms. The molecule has 0 aliphatic rings. The van der Waals surface area contributed by atoms with Crippen LogP contribution in [0.15, 0.2) is 48.5 Å². The second kappa shape index (κ2) is 7.54. The van der Waals surface area contributed by atoms with Gasteiger partial charge in [-0.05, 0) is 62.6 Å². The normalized spacial score (nSPS) is 12.8. The van der Waals surface area contributed by atoms with Gasteiger partial charge in [0.05, 0.1) is 22.9 Å². The molecule has 0 radical (unpaired) electrons. The highest BCUT2D eigenvalue weighted by Crippen LogP contribution is 2.29. The smallest absolute Gasteiger partial charge is 0.199 e. The standard InChI is InChI=1S/C20H20FN5S2/c1-13(19-22-16-6-4-5-7-17(16)28-19)24(2)12-26-20(27)25(3)18(23-26)14-8-10-15(21)11-9-14/h4-11,13H,12H2,1-3H3/t13-/m1/s1. The number of para-hydroxylation sites is 1. The number of fused-ring (bicyclic) bond motifs is 1. The van der Waals surface area contributed by atoms with E-state index in [1.165, 1.54) is 16.8 Å². The molecule has 0 amide bonds. The van der Waals surface area contributed by atoms with Gasteiger partial charge >= 0.3 is 0 Å². The lowest BCUT2D eigenvalue weighted by molar-refractivity contribution is 0.194. The van der Waals surface area contributed by atoms with E-state index < -0.39 is 0 Å².